The normalized spacial score (nSPS) is 19.6. The zero-order chi connectivity index (χ0) is 7.72. The molecule has 0 aromatic rings. The van der Waals surface area contributed by atoms with Gasteiger partial charge in [0.1, 0.15) is 0 Å². The fraction of sp³-hybridized carbons (Fsp3) is 0.500. The van der Waals surface area contributed by atoms with Crippen LogP contribution in [0.15, 0.2) is 20.3 Å². The molecule has 1 aliphatic rings. The van der Waals surface area contributed by atoms with Crippen LogP contribution in [0.2, 0.25) is 0 Å². The molecule has 0 spiro atoms. The minimum atomic E-state index is 0.579. The molecule has 1 aliphatic heterocycles. The first-order valence-electron chi connectivity index (χ1n) is 3.36. The van der Waals surface area contributed by atoms with Gasteiger partial charge in [0.2, 0.25) is 0 Å². The summed E-state index contributed by atoms with van der Waals surface area (Å²) in [7, 11) is 0. The van der Waals surface area contributed by atoms with Crippen LogP contribution >= 0.6 is 0 Å². The maximum absolute atomic E-state index is 4.42. The van der Waals surface area contributed by atoms with Crippen LogP contribution in [-0.2, 0) is 0 Å². The van der Waals surface area contributed by atoms with Crippen LogP contribution in [0.5, 0.6) is 0 Å². The topological polar surface area (TPSA) is 14.1 Å². The van der Waals surface area contributed by atoms with Gasteiger partial charge in [-0.25, -0.2) is 0 Å². The van der Waals surface area contributed by atoms with Crippen LogP contribution in [-0.4, -0.2) is 15.0 Å². The SMILES string of the molecule is CC1=C(C)[Se]C(C)=C(C)[N]1. The van der Waals surface area contributed by atoms with E-state index in [9.17, 15) is 0 Å². The van der Waals surface area contributed by atoms with E-state index in [1.165, 1.54) is 20.3 Å². The van der Waals surface area contributed by atoms with E-state index in [1.54, 1.807) is 0 Å². The second-order valence-electron chi connectivity index (χ2n) is 2.50. The van der Waals surface area contributed by atoms with Crippen LogP contribution in [0.25, 0.3) is 0 Å². The molecule has 0 unspecified atom stereocenters. The molecular formula is C8H12NSe. The fourth-order valence-corrected chi connectivity index (χ4v) is 2.56. The van der Waals surface area contributed by atoms with E-state index < -0.39 is 0 Å². The van der Waals surface area contributed by atoms with Crippen molar-refractivity contribution in [2.24, 2.45) is 0 Å². The first kappa shape index (κ1) is 7.90. The summed E-state index contributed by atoms with van der Waals surface area (Å²) in [6.07, 6.45) is 0. The van der Waals surface area contributed by atoms with Crippen molar-refractivity contribution >= 4 is 15.0 Å². The summed E-state index contributed by atoms with van der Waals surface area (Å²) < 4.78 is 2.94. The average molecular weight is 201 g/mol. The maximum atomic E-state index is 4.42. The second kappa shape index (κ2) is 2.81. The van der Waals surface area contributed by atoms with Gasteiger partial charge in [-0.05, 0) is 0 Å². The number of hydrogen-bond donors (Lipinski definition) is 0. The molecule has 1 radical (unpaired) electrons. The van der Waals surface area contributed by atoms with Crippen LogP contribution in [0.4, 0.5) is 0 Å². The van der Waals surface area contributed by atoms with Crippen molar-refractivity contribution < 1.29 is 0 Å². The van der Waals surface area contributed by atoms with E-state index in [0.717, 1.165) is 0 Å². The fourth-order valence-electron chi connectivity index (χ4n) is 0.786. The Morgan fingerprint density at radius 3 is 1.60 bits per heavy atom. The first-order valence-corrected chi connectivity index (χ1v) is 5.07. The van der Waals surface area contributed by atoms with Crippen molar-refractivity contribution in [3.05, 3.63) is 20.3 Å². The summed E-state index contributed by atoms with van der Waals surface area (Å²) in [4.78, 5) is 0. The molecule has 2 heteroatoms. The van der Waals surface area contributed by atoms with Gasteiger partial charge < -0.3 is 0 Å². The molecule has 0 atom stereocenters. The molecule has 0 fully saturated rings. The van der Waals surface area contributed by atoms with Crippen molar-refractivity contribution in [3.63, 3.8) is 0 Å². The van der Waals surface area contributed by atoms with Gasteiger partial charge in [-0.3, -0.25) is 0 Å². The third-order valence-electron chi connectivity index (χ3n) is 1.66. The molecule has 0 amide bonds. The van der Waals surface area contributed by atoms with Gasteiger partial charge in [-0.1, -0.05) is 0 Å². The molecule has 55 valence electrons. The van der Waals surface area contributed by atoms with Crippen LogP contribution < -0.4 is 5.32 Å². The van der Waals surface area contributed by atoms with Gasteiger partial charge in [0.05, 0.1) is 0 Å². The number of rotatable bonds is 0. The Balaban J connectivity index is 2.81. The van der Waals surface area contributed by atoms with Gasteiger partial charge >= 0.3 is 68.3 Å². The van der Waals surface area contributed by atoms with E-state index in [2.05, 4.69) is 33.0 Å². The zero-order valence-electron chi connectivity index (χ0n) is 6.86. The van der Waals surface area contributed by atoms with E-state index in [-0.39, 0.29) is 0 Å². The molecule has 10 heavy (non-hydrogen) atoms. The van der Waals surface area contributed by atoms with Crippen molar-refractivity contribution in [3.8, 4) is 0 Å². The van der Waals surface area contributed by atoms with E-state index >= 15 is 0 Å². The third-order valence-corrected chi connectivity index (χ3v) is 4.19. The van der Waals surface area contributed by atoms with Gasteiger partial charge in [-0.15, -0.1) is 0 Å². The summed E-state index contributed by atoms with van der Waals surface area (Å²) in [5, 5.41) is 4.42. The molecule has 1 nitrogen and oxygen atoms in total. The molecule has 1 heterocycles. The standard InChI is InChI=1S/C8H12NSe/c1-5-7(3)10-8(4)6(2)9-5/h1-4H3. The summed E-state index contributed by atoms with van der Waals surface area (Å²) in [5.74, 6) is 0. The van der Waals surface area contributed by atoms with Crippen LogP contribution in [0.3, 0.4) is 0 Å². The summed E-state index contributed by atoms with van der Waals surface area (Å²) in [6, 6.07) is 0. The Kier molecular flexibility index (Phi) is 2.22. The van der Waals surface area contributed by atoms with Crippen molar-refractivity contribution in [1.82, 2.24) is 5.32 Å². The van der Waals surface area contributed by atoms with E-state index in [1.807, 2.05) is 0 Å². The van der Waals surface area contributed by atoms with E-state index in [0.29, 0.717) is 15.0 Å². The van der Waals surface area contributed by atoms with Crippen molar-refractivity contribution in [2.75, 3.05) is 0 Å². The van der Waals surface area contributed by atoms with E-state index in [4.69, 9.17) is 0 Å². The van der Waals surface area contributed by atoms with Gasteiger partial charge in [-0.2, -0.15) is 0 Å². The predicted molar refractivity (Wildman–Crippen MR) is 44.6 cm³/mol. The Morgan fingerprint density at radius 2 is 1.30 bits per heavy atom. The molecular weight excluding hydrogens is 189 g/mol. The second-order valence-corrected chi connectivity index (χ2v) is 5.49. The van der Waals surface area contributed by atoms with Gasteiger partial charge in [0.25, 0.3) is 0 Å². The number of hydrogen-bond acceptors (Lipinski definition) is 0. The van der Waals surface area contributed by atoms with Crippen LogP contribution in [0.1, 0.15) is 27.7 Å². The molecule has 0 saturated carbocycles. The molecule has 0 saturated heterocycles. The monoisotopic (exact) mass is 202 g/mol. The van der Waals surface area contributed by atoms with Crippen LogP contribution in [0, 0.1) is 0 Å². The minimum absolute atomic E-state index is 0.579. The molecule has 0 aromatic carbocycles. The van der Waals surface area contributed by atoms with Gasteiger partial charge in [0.15, 0.2) is 0 Å². The molecule has 0 bridgehead atoms. The molecule has 0 N–H and O–H groups in total. The zero-order valence-corrected chi connectivity index (χ0v) is 8.57. The summed E-state index contributed by atoms with van der Waals surface area (Å²) >= 11 is 0.579. The first-order chi connectivity index (χ1) is 4.61. The average Bonchev–Trinajstić information content (AvgIpc) is 1.84. The summed E-state index contributed by atoms with van der Waals surface area (Å²) in [6.45, 7) is 8.53. The predicted octanol–water partition coefficient (Wildman–Crippen LogP) is 1.81. The molecule has 0 aromatic heterocycles. The molecule has 0 aliphatic carbocycles. The summed E-state index contributed by atoms with van der Waals surface area (Å²) in [5.41, 5.74) is 2.45. The van der Waals surface area contributed by atoms with Crippen molar-refractivity contribution in [1.29, 1.82) is 0 Å². The Labute approximate surface area is 68.7 Å². The molecule has 1 rings (SSSR count). The number of nitrogens with zero attached hydrogens (tertiary/aromatic N) is 1. The number of allylic oxidation sites excluding steroid dienone is 4. The van der Waals surface area contributed by atoms with Gasteiger partial charge in [0, 0.05) is 0 Å². The third kappa shape index (κ3) is 1.44. The van der Waals surface area contributed by atoms with Crippen molar-refractivity contribution in [2.45, 2.75) is 27.7 Å². The Morgan fingerprint density at radius 1 is 0.900 bits per heavy atom. The quantitative estimate of drug-likeness (QED) is 0.531. The Bertz CT molecular complexity index is 169. The Hall–Kier alpha value is -0.201.